The monoisotopic (exact) mass is 215 g/mol. The molecule has 0 saturated heterocycles. The minimum atomic E-state index is 0.729. The maximum atomic E-state index is 5.45. The van der Waals surface area contributed by atoms with Crippen molar-refractivity contribution in [2.45, 2.75) is 45.1 Å². The molecule has 0 spiro atoms. The molecule has 0 aromatic carbocycles. The molecule has 1 saturated carbocycles. The molecule has 0 unspecified atom stereocenters. The summed E-state index contributed by atoms with van der Waals surface area (Å²) in [5.74, 6) is 0. The van der Waals surface area contributed by atoms with E-state index in [-0.39, 0.29) is 0 Å². The Morgan fingerprint density at radius 3 is 2.33 bits per heavy atom. The first-order valence-electron chi connectivity index (χ1n) is 6.32. The molecule has 0 radical (unpaired) electrons. The van der Waals surface area contributed by atoms with Crippen molar-refractivity contribution in [2.24, 2.45) is 0 Å². The molecule has 90 valence electrons. The van der Waals surface area contributed by atoms with Crippen LogP contribution >= 0.6 is 0 Å². The molecule has 15 heavy (non-hydrogen) atoms. The lowest BCUT2D eigenvalue weighted by atomic mass is 10.2. The van der Waals surface area contributed by atoms with E-state index in [1.807, 2.05) is 0 Å². The maximum Gasteiger partial charge on any atom is 0.0701 e. The summed E-state index contributed by atoms with van der Waals surface area (Å²) in [5.41, 5.74) is 0. The van der Waals surface area contributed by atoms with Gasteiger partial charge in [0.1, 0.15) is 0 Å². The average molecular weight is 215 g/mol. The van der Waals surface area contributed by atoms with Gasteiger partial charge in [-0.05, 0) is 19.3 Å². The van der Waals surface area contributed by atoms with Crippen LogP contribution in [-0.2, 0) is 9.47 Å². The zero-order valence-corrected chi connectivity index (χ0v) is 9.96. The smallest absolute Gasteiger partial charge is 0.0701 e. The van der Waals surface area contributed by atoms with Gasteiger partial charge >= 0.3 is 0 Å². The van der Waals surface area contributed by atoms with Crippen LogP contribution in [0.1, 0.15) is 39.0 Å². The van der Waals surface area contributed by atoms with Gasteiger partial charge in [0.15, 0.2) is 0 Å². The molecule has 0 aliphatic heterocycles. The molecule has 1 aliphatic carbocycles. The van der Waals surface area contributed by atoms with E-state index >= 15 is 0 Å². The van der Waals surface area contributed by atoms with E-state index in [1.165, 1.54) is 25.7 Å². The van der Waals surface area contributed by atoms with Crippen molar-refractivity contribution in [3.8, 4) is 0 Å². The first kappa shape index (κ1) is 12.9. The van der Waals surface area contributed by atoms with Crippen LogP contribution < -0.4 is 5.32 Å². The Kier molecular flexibility index (Phi) is 7.88. The van der Waals surface area contributed by atoms with E-state index in [0.717, 1.165) is 45.4 Å². The molecule has 1 rings (SSSR count). The van der Waals surface area contributed by atoms with Gasteiger partial charge in [-0.1, -0.05) is 19.8 Å². The van der Waals surface area contributed by atoms with Crippen LogP contribution in [0.15, 0.2) is 0 Å². The molecule has 1 aliphatic rings. The molecule has 3 heteroatoms. The van der Waals surface area contributed by atoms with Gasteiger partial charge in [-0.15, -0.1) is 0 Å². The van der Waals surface area contributed by atoms with Crippen molar-refractivity contribution in [1.82, 2.24) is 5.32 Å². The molecular weight excluding hydrogens is 190 g/mol. The predicted octanol–water partition coefficient (Wildman–Crippen LogP) is 1.96. The van der Waals surface area contributed by atoms with E-state index in [1.54, 1.807) is 0 Å². The van der Waals surface area contributed by atoms with Gasteiger partial charge in [0.25, 0.3) is 0 Å². The minimum absolute atomic E-state index is 0.729. The van der Waals surface area contributed by atoms with Gasteiger partial charge in [-0.25, -0.2) is 0 Å². The van der Waals surface area contributed by atoms with Crippen molar-refractivity contribution in [3.63, 3.8) is 0 Å². The van der Waals surface area contributed by atoms with Gasteiger partial charge in [0.05, 0.1) is 19.8 Å². The molecule has 0 bridgehead atoms. The number of hydrogen-bond acceptors (Lipinski definition) is 3. The fourth-order valence-electron chi connectivity index (χ4n) is 1.93. The lowest BCUT2D eigenvalue weighted by Gasteiger charge is -2.11. The second kappa shape index (κ2) is 9.13. The molecule has 0 aromatic rings. The predicted molar refractivity (Wildman–Crippen MR) is 62.2 cm³/mol. The molecule has 0 amide bonds. The third-order valence-electron chi connectivity index (χ3n) is 2.76. The van der Waals surface area contributed by atoms with Crippen LogP contribution in [0.25, 0.3) is 0 Å². The van der Waals surface area contributed by atoms with Gasteiger partial charge in [0.2, 0.25) is 0 Å². The Labute approximate surface area is 93.5 Å². The Morgan fingerprint density at radius 1 is 1.00 bits per heavy atom. The highest BCUT2D eigenvalue weighted by Crippen LogP contribution is 2.17. The van der Waals surface area contributed by atoms with Crippen molar-refractivity contribution in [1.29, 1.82) is 0 Å². The zero-order valence-electron chi connectivity index (χ0n) is 9.96. The summed E-state index contributed by atoms with van der Waals surface area (Å²) in [4.78, 5) is 0. The van der Waals surface area contributed by atoms with Crippen LogP contribution in [0.2, 0.25) is 0 Å². The molecular formula is C12H25NO2. The van der Waals surface area contributed by atoms with Gasteiger partial charge in [-0.3, -0.25) is 0 Å². The summed E-state index contributed by atoms with van der Waals surface area (Å²) < 4.78 is 10.8. The van der Waals surface area contributed by atoms with E-state index in [4.69, 9.17) is 9.47 Å². The maximum absolute atomic E-state index is 5.45. The summed E-state index contributed by atoms with van der Waals surface area (Å²) in [7, 11) is 0. The van der Waals surface area contributed by atoms with Gasteiger partial charge < -0.3 is 14.8 Å². The number of rotatable bonds is 9. The highest BCUT2D eigenvalue weighted by Gasteiger charge is 2.12. The third kappa shape index (κ3) is 6.88. The second-order valence-corrected chi connectivity index (χ2v) is 4.16. The van der Waals surface area contributed by atoms with E-state index in [0.29, 0.717) is 0 Å². The summed E-state index contributed by atoms with van der Waals surface area (Å²) in [6.07, 6.45) is 6.56. The van der Waals surface area contributed by atoms with Crippen molar-refractivity contribution in [2.75, 3.05) is 33.0 Å². The zero-order chi connectivity index (χ0) is 10.8. The van der Waals surface area contributed by atoms with Crippen molar-refractivity contribution < 1.29 is 9.47 Å². The average Bonchev–Trinajstić information content (AvgIpc) is 2.75. The van der Waals surface area contributed by atoms with Crippen LogP contribution in [0, 0.1) is 0 Å². The highest BCUT2D eigenvalue weighted by atomic mass is 16.5. The standard InChI is InChI=1S/C12H25NO2/c1-2-8-14-10-11-15-9-7-13-12-5-3-4-6-12/h12-13H,2-11H2,1H3. The first-order chi connectivity index (χ1) is 7.43. The normalized spacial score (nSPS) is 17.4. The van der Waals surface area contributed by atoms with Crippen LogP contribution in [0.3, 0.4) is 0 Å². The van der Waals surface area contributed by atoms with Crippen LogP contribution in [-0.4, -0.2) is 39.0 Å². The fraction of sp³-hybridized carbons (Fsp3) is 1.00. The SMILES string of the molecule is CCCOCCOCCNC1CCCC1. The summed E-state index contributed by atoms with van der Waals surface area (Å²) in [5, 5.41) is 3.52. The van der Waals surface area contributed by atoms with Crippen molar-refractivity contribution in [3.05, 3.63) is 0 Å². The molecule has 0 atom stereocenters. The minimum Gasteiger partial charge on any atom is -0.379 e. The van der Waals surface area contributed by atoms with E-state index < -0.39 is 0 Å². The summed E-state index contributed by atoms with van der Waals surface area (Å²) in [6.45, 7) is 6.23. The second-order valence-electron chi connectivity index (χ2n) is 4.16. The van der Waals surface area contributed by atoms with E-state index in [9.17, 15) is 0 Å². The van der Waals surface area contributed by atoms with Gasteiger partial charge in [-0.2, -0.15) is 0 Å². The Morgan fingerprint density at radius 2 is 1.67 bits per heavy atom. The molecule has 0 heterocycles. The Balaban J connectivity index is 1.73. The highest BCUT2D eigenvalue weighted by molar-refractivity contribution is 4.72. The Bertz CT molecular complexity index is 136. The third-order valence-corrected chi connectivity index (χ3v) is 2.76. The Hall–Kier alpha value is -0.120. The van der Waals surface area contributed by atoms with Gasteiger partial charge in [0, 0.05) is 19.2 Å². The molecule has 1 N–H and O–H groups in total. The summed E-state index contributed by atoms with van der Waals surface area (Å²) >= 11 is 0. The molecule has 0 aromatic heterocycles. The van der Waals surface area contributed by atoms with Crippen LogP contribution in [0.4, 0.5) is 0 Å². The lowest BCUT2D eigenvalue weighted by Crippen LogP contribution is -2.29. The quantitative estimate of drug-likeness (QED) is 0.596. The summed E-state index contributed by atoms with van der Waals surface area (Å²) in [6, 6.07) is 0.755. The fourth-order valence-corrected chi connectivity index (χ4v) is 1.93. The number of ether oxygens (including phenoxy) is 2. The number of nitrogens with one attached hydrogen (secondary N) is 1. The largest absolute Gasteiger partial charge is 0.379 e. The first-order valence-corrected chi connectivity index (χ1v) is 6.32. The number of hydrogen-bond donors (Lipinski definition) is 1. The van der Waals surface area contributed by atoms with E-state index in [2.05, 4.69) is 12.2 Å². The van der Waals surface area contributed by atoms with Crippen molar-refractivity contribution >= 4 is 0 Å². The van der Waals surface area contributed by atoms with Crippen LogP contribution in [0.5, 0.6) is 0 Å². The lowest BCUT2D eigenvalue weighted by molar-refractivity contribution is 0.0485. The topological polar surface area (TPSA) is 30.5 Å². The molecule has 3 nitrogen and oxygen atoms in total. The molecule has 1 fully saturated rings.